The second-order valence-corrected chi connectivity index (χ2v) is 12.7. The standard InChI is InChI=1S/C44H25N5O2/c1-4-12-35-29(8-1)30-9-2-5-13-36(30)49(35)28-19-16-26(17-20-28)42-46-43(27-18-21-32-31-10-3-6-14-37(31)50-39(32)24-27)48-44(47-42)34-11-7-15-38-41(34)33-22-23-45-25-40(33)51-38/h1-25H. The lowest BCUT2D eigenvalue weighted by atomic mass is 10.1. The quantitative estimate of drug-likeness (QED) is 0.188. The summed E-state index contributed by atoms with van der Waals surface area (Å²) in [6.45, 7) is 0. The summed E-state index contributed by atoms with van der Waals surface area (Å²) in [6.07, 6.45) is 3.52. The summed E-state index contributed by atoms with van der Waals surface area (Å²) >= 11 is 0. The average molecular weight is 656 g/mol. The fourth-order valence-corrected chi connectivity index (χ4v) is 7.45. The molecule has 11 rings (SSSR count). The van der Waals surface area contributed by atoms with E-state index in [9.17, 15) is 0 Å². The molecule has 0 saturated heterocycles. The molecule has 0 aliphatic carbocycles. The Morgan fingerprint density at radius 3 is 1.86 bits per heavy atom. The topological polar surface area (TPSA) is 82.8 Å². The highest BCUT2D eigenvalue weighted by molar-refractivity contribution is 6.12. The van der Waals surface area contributed by atoms with E-state index in [1.165, 1.54) is 10.8 Å². The van der Waals surface area contributed by atoms with E-state index in [1.54, 1.807) is 12.4 Å². The number of hydrogen-bond acceptors (Lipinski definition) is 6. The molecule has 0 N–H and O–H groups in total. The molecule has 0 aliphatic rings. The van der Waals surface area contributed by atoms with Gasteiger partial charge in [-0.05, 0) is 66.7 Å². The zero-order valence-corrected chi connectivity index (χ0v) is 27.0. The van der Waals surface area contributed by atoms with Gasteiger partial charge in [0, 0.05) is 60.9 Å². The van der Waals surface area contributed by atoms with Crippen LogP contribution in [-0.2, 0) is 0 Å². The zero-order valence-electron chi connectivity index (χ0n) is 27.0. The normalized spacial score (nSPS) is 11.9. The van der Waals surface area contributed by atoms with E-state index < -0.39 is 0 Å². The van der Waals surface area contributed by atoms with Crippen LogP contribution in [0.15, 0.2) is 161 Å². The lowest BCUT2D eigenvalue weighted by molar-refractivity contribution is 0.667. The Hall–Kier alpha value is -7.12. The molecular weight excluding hydrogens is 631 g/mol. The fourth-order valence-electron chi connectivity index (χ4n) is 7.45. The van der Waals surface area contributed by atoms with Crippen molar-refractivity contribution in [1.82, 2.24) is 24.5 Å². The van der Waals surface area contributed by atoms with Gasteiger partial charge in [-0.25, -0.2) is 15.0 Å². The first-order valence-electron chi connectivity index (χ1n) is 16.8. The van der Waals surface area contributed by atoms with Gasteiger partial charge in [0.05, 0.1) is 17.2 Å². The summed E-state index contributed by atoms with van der Waals surface area (Å²) in [7, 11) is 0. The maximum absolute atomic E-state index is 6.26. The molecule has 0 fully saturated rings. The highest BCUT2D eigenvalue weighted by Crippen LogP contribution is 2.38. The summed E-state index contributed by atoms with van der Waals surface area (Å²) in [5, 5.41) is 6.47. The first-order valence-corrected chi connectivity index (χ1v) is 16.8. The lowest BCUT2D eigenvalue weighted by Crippen LogP contribution is -2.01. The number of furan rings is 2. The Labute approximate surface area is 290 Å². The minimum Gasteiger partial charge on any atom is -0.456 e. The second-order valence-electron chi connectivity index (χ2n) is 12.7. The predicted octanol–water partition coefficient (Wildman–Crippen LogP) is 11.2. The third kappa shape index (κ3) is 4.25. The number of aromatic nitrogens is 5. The van der Waals surface area contributed by atoms with Gasteiger partial charge in [0.25, 0.3) is 0 Å². The minimum absolute atomic E-state index is 0.551. The first-order chi connectivity index (χ1) is 25.3. The molecular formula is C44H25N5O2. The van der Waals surface area contributed by atoms with Crippen LogP contribution in [0.2, 0.25) is 0 Å². The highest BCUT2D eigenvalue weighted by Gasteiger charge is 2.19. The number of rotatable bonds is 4. The van der Waals surface area contributed by atoms with Crippen LogP contribution in [0, 0.1) is 0 Å². The number of nitrogens with zero attached hydrogens (tertiary/aromatic N) is 5. The van der Waals surface area contributed by atoms with Crippen molar-refractivity contribution in [3.63, 3.8) is 0 Å². The number of hydrogen-bond donors (Lipinski definition) is 0. The van der Waals surface area contributed by atoms with Crippen LogP contribution >= 0.6 is 0 Å². The average Bonchev–Trinajstić information content (AvgIpc) is 3.87. The molecule has 7 nitrogen and oxygen atoms in total. The van der Waals surface area contributed by atoms with E-state index >= 15 is 0 Å². The van der Waals surface area contributed by atoms with Crippen LogP contribution in [0.1, 0.15) is 0 Å². The van der Waals surface area contributed by atoms with E-state index in [0.717, 1.165) is 71.7 Å². The molecule has 11 aromatic rings. The predicted molar refractivity (Wildman–Crippen MR) is 203 cm³/mol. The molecule has 7 heteroatoms. The first kappa shape index (κ1) is 27.8. The van der Waals surface area contributed by atoms with Gasteiger partial charge in [-0.3, -0.25) is 4.98 Å². The molecule has 6 aromatic carbocycles. The van der Waals surface area contributed by atoms with Crippen LogP contribution in [0.5, 0.6) is 0 Å². The van der Waals surface area contributed by atoms with Gasteiger partial charge in [0.1, 0.15) is 16.7 Å². The maximum Gasteiger partial charge on any atom is 0.164 e. The van der Waals surface area contributed by atoms with Gasteiger partial charge in [-0.2, -0.15) is 0 Å². The van der Waals surface area contributed by atoms with Crippen LogP contribution in [-0.4, -0.2) is 24.5 Å². The van der Waals surface area contributed by atoms with E-state index in [-0.39, 0.29) is 0 Å². The Balaban J connectivity index is 1.11. The van der Waals surface area contributed by atoms with Gasteiger partial charge >= 0.3 is 0 Å². The Bertz CT molecular complexity index is 3100. The fraction of sp³-hybridized carbons (Fsp3) is 0. The third-order valence-electron chi connectivity index (χ3n) is 9.78. The highest BCUT2D eigenvalue weighted by atomic mass is 16.3. The number of fused-ring (bicyclic) bond motifs is 9. The van der Waals surface area contributed by atoms with Gasteiger partial charge in [0.15, 0.2) is 23.1 Å². The number of benzene rings is 6. The van der Waals surface area contributed by atoms with E-state index in [1.807, 2.05) is 48.5 Å². The van der Waals surface area contributed by atoms with Crippen molar-refractivity contribution in [1.29, 1.82) is 0 Å². The van der Waals surface area contributed by atoms with Crippen molar-refractivity contribution < 1.29 is 8.83 Å². The molecule has 0 atom stereocenters. The van der Waals surface area contributed by atoms with Gasteiger partial charge in [-0.1, -0.05) is 72.8 Å². The van der Waals surface area contributed by atoms with E-state index in [4.69, 9.17) is 23.8 Å². The molecule has 238 valence electrons. The smallest absolute Gasteiger partial charge is 0.164 e. The largest absolute Gasteiger partial charge is 0.456 e. The van der Waals surface area contributed by atoms with Crippen LogP contribution in [0.4, 0.5) is 0 Å². The second kappa shape index (κ2) is 10.7. The molecule has 0 saturated carbocycles. The zero-order chi connectivity index (χ0) is 33.5. The monoisotopic (exact) mass is 655 g/mol. The van der Waals surface area contributed by atoms with Crippen molar-refractivity contribution in [2.45, 2.75) is 0 Å². The van der Waals surface area contributed by atoms with Crippen molar-refractivity contribution in [2.24, 2.45) is 0 Å². The molecule has 0 bridgehead atoms. The molecule has 5 heterocycles. The van der Waals surface area contributed by atoms with Gasteiger partial charge < -0.3 is 13.4 Å². The van der Waals surface area contributed by atoms with Gasteiger partial charge in [-0.15, -0.1) is 0 Å². The Kier molecular flexibility index (Phi) is 5.83. The van der Waals surface area contributed by atoms with Gasteiger partial charge in [0.2, 0.25) is 0 Å². The molecule has 0 spiro atoms. The van der Waals surface area contributed by atoms with Crippen molar-refractivity contribution in [2.75, 3.05) is 0 Å². The molecule has 0 amide bonds. The van der Waals surface area contributed by atoms with E-state index in [2.05, 4.69) is 101 Å². The lowest BCUT2D eigenvalue weighted by Gasteiger charge is -2.11. The molecule has 51 heavy (non-hydrogen) atoms. The molecule has 0 radical (unpaired) electrons. The van der Waals surface area contributed by atoms with E-state index in [0.29, 0.717) is 23.1 Å². The summed E-state index contributed by atoms with van der Waals surface area (Å²) in [5.41, 5.74) is 9.04. The summed E-state index contributed by atoms with van der Waals surface area (Å²) < 4.78 is 14.7. The third-order valence-corrected chi connectivity index (χ3v) is 9.78. The van der Waals surface area contributed by atoms with Crippen LogP contribution in [0.3, 0.4) is 0 Å². The number of pyridine rings is 1. The SMILES string of the molecule is c1ccc2c(c1)oc1cc(-c3nc(-c4ccc(-n5c6ccccc6c6ccccc65)cc4)nc(-c4cccc5oc6cnccc6c45)n3)ccc12. The van der Waals surface area contributed by atoms with Crippen LogP contribution in [0.25, 0.3) is 106 Å². The minimum atomic E-state index is 0.551. The van der Waals surface area contributed by atoms with Crippen molar-refractivity contribution in [3.05, 3.63) is 152 Å². The summed E-state index contributed by atoms with van der Waals surface area (Å²) in [6, 6.07) is 47.7. The van der Waals surface area contributed by atoms with Crippen molar-refractivity contribution in [3.8, 4) is 39.9 Å². The Morgan fingerprint density at radius 2 is 1.06 bits per heavy atom. The maximum atomic E-state index is 6.26. The molecule has 0 unspecified atom stereocenters. The summed E-state index contributed by atoms with van der Waals surface area (Å²) in [4.78, 5) is 19.6. The van der Waals surface area contributed by atoms with Crippen molar-refractivity contribution >= 4 is 65.7 Å². The Morgan fingerprint density at radius 1 is 0.431 bits per heavy atom. The summed E-state index contributed by atoms with van der Waals surface area (Å²) in [5.74, 6) is 1.67. The van der Waals surface area contributed by atoms with Crippen LogP contribution < -0.4 is 0 Å². The number of para-hydroxylation sites is 3. The molecule has 5 aromatic heterocycles. The molecule has 0 aliphatic heterocycles.